The molecule has 3 aromatic rings. The minimum absolute atomic E-state index is 0.182. The smallest absolute Gasteiger partial charge is 0.254 e. The third-order valence-electron chi connectivity index (χ3n) is 4.22. The predicted octanol–water partition coefficient (Wildman–Crippen LogP) is 5.03. The van der Waals surface area contributed by atoms with Crippen LogP contribution in [0.15, 0.2) is 47.5 Å². The number of carbonyl (C=O) groups is 1. The maximum Gasteiger partial charge on any atom is 0.254 e. The fraction of sp³-hybridized carbons (Fsp3) is 0.238. The van der Waals surface area contributed by atoms with Crippen LogP contribution < -0.4 is 5.32 Å². The van der Waals surface area contributed by atoms with E-state index in [2.05, 4.69) is 11.4 Å². The average molecular weight is 368 g/mol. The van der Waals surface area contributed by atoms with Crippen LogP contribution in [-0.2, 0) is 6.54 Å². The molecular weight excluding hydrogens is 347 g/mol. The number of nitrogens with zero attached hydrogens (tertiary/aromatic N) is 1. The van der Waals surface area contributed by atoms with Gasteiger partial charge < -0.3 is 5.32 Å². The van der Waals surface area contributed by atoms with Gasteiger partial charge in [-0.25, -0.2) is 9.37 Å². The molecule has 0 unspecified atom stereocenters. The lowest BCUT2D eigenvalue weighted by Gasteiger charge is -2.14. The number of rotatable bonds is 5. The van der Waals surface area contributed by atoms with Crippen LogP contribution >= 0.6 is 11.8 Å². The monoisotopic (exact) mass is 368 g/mol. The van der Waals surface area contributed by atoms with Crippen molar-refractivity contribution in [2.75, 3.05) is 5.75 Å². The lowest BCUT2D eigenvalue weighted by atomic mass is 10.0. The van der Waals surface area contributed by atoms with Crippen molar-refractivity contribution < 1.29 is 9.18 Å². The van der Waals surface area contributed by atoms with Crippen molar-refractivity contribution in [2.45, 2.75) is 32.3 Å². The molecule has 0 fully saturated rings. The number of benzene rings is 2. The summed E-state index contributed by atoms with van der Waals surface area (Å²) in [4.78, 5) is 17.6. The van der Waals surface area contributed by atoms with Gasteiger partial charge in [0, 0.05) is 11.9 Å². The molecular formula is C21H21FN2OS. The largest absolute Gasteiger partial charge is 0.348 e. The summed E-state index contributed by atoms with van der Waals surface area (Å²) in [6.45, 7) is 6.30. The number of aromatic nitrogens is 1. The van der Waals surface area contributed by atoms with Crippen molar-refractivity contribution in [1.82, 2.24) is 10.3 Å². The lowest BCUT2D eigenvalue weighted by molar-refractivity contribution is 0.0947. The fourth-order valence-corrected chi connectivity index (χ4v) is 3.76. The molecule has 0 spiro atoms. The Morgan fingerprint density at radius 1 is 1.19 bits per heavy atom. The summed E-state index contributed by atoms with van der Waals surface area (Å²) in [5.74, 6) is 0.338. The van der Waals surface area contributed by atoms with E-state index in [0.29, 0.717) is 5.56 Å². The van der Waals surface area contributed by atoms with Gasteiger partial charge in [0.25, 0.3) is 5.91 Å². The number of pyridine rings is 1. The van der Waals surface area contributed by atoms with Gasteiger partial charge in [-0.1, -0.05) is 30.7 Å². The van der Waals surface area contributed by atoms with Crippen molar-refractivity contribution in [3.8, 4) is 0 Å². The van der Waals surface area contributed by atoms with Crippen LogP contribution in [0.4, 0.5) is 4.39 Å². The highest BCUT2D eigenvalue weighted by Gasteiger charge is 2.19. The first-order chi connectivity index (χ1) is 12.5. The first-order valence-corrected chi connectivity index (χ1v) is 9.54. The number of aryl methyl sites for hydroxylation is 2. The van der Waals surface area contributed by atoms with E-state index in [1.54, 1.807) is 23.9 Å². The van der Waals surface area contributed by atoms with E-state index >= 15 is 0 Å². The van der Waals surface area contributed by atoms with Gasteiger partial charge in [0.1, 0.15) is 10.8 Å². The van der Waals surface area contributed by atoms with Crippen molar-refractivity contribution in [3.63, 3.8) is 0 Å². The van der Waals surface area contributed by atoms with Crippen molar-refractivity contribution in [2.24, 2.45) is 0 Å². The molecule has 1 N–H and O–H groups in total. The van der Waals surface area contributed by atoms with Gasteiger partial charge in [0.15, 0.2) is 0 Å². The zero-order valence-electron chi connectivity index (χ0n) is 15.1. The Balaban J connectivity index is 1.97. The Labute approximate surface area is 157 Å². The third-order valence-corrected chi connectivity index (χ3v) is 5.07. The predicted molar refractivity (Wildman–Crippen MR) is 105 cm³/mol. The van der Waals surface area contributed by atoms with E-state index in [9.17, 15) is 9.18 Å². The second-order valence-electron chi connectivity index (χ2n) is 6.18. The molecule has 1 aromatic heterocycles. The molecule has 3 nitrogen and oxygen atoms in total. The lowest BCUT2D eigenvalue weighted by Crippen LogP contribution is -2.25. The zero-order valence-corrected chi connectivity index (χ0v) is 15.9. The molecule has 0 saturated heterocycles. The number of nitrogens with one attached hydrogen (secondary N) is 1. The molecule has 0 aliphatic rings. The minimum Gasteiger partial charge on any atom is -0.348 e. The van der Waals surface area contributed by atoms with E-state index < -0.39 is 0 Å². The van der Waals surface area contributed by atoms with Gasteiger partial charge in [0.05, 0.1) is 11.1 Å². The van der Waals surface area contributed by atoms with Gasteiger partial charge >= 0.3 is 0 Å². The molecule has 0 atom stereocenters. The third kappa shape index (κ3) is 3.88. The molecule has 3 rings (SSSR count). The van der Waals surface area contributed by atoms with Gasteiger partial charge in [-0.05, 0) is 55.0 Å². The maximum absolute atomic E-state index is 13.3. The van der Waals surface area contributed by atoms with Crippen LogP contribution in [0.3, 0.4) is 0 Å². The molecule has 5 heteroatoms. The van der Waals surface area contributed by atoms with Gasteiger partial charge in [-0.3, -0.25) is 4.79 Å². The van der Waals surface area contributed by atoms with Gasteiger partial charge in [0.2, 0.25) is 0 Å². The summed E-state index contributed by atoms with van der Waals surface area (Å²) in [5, 5.41) is 4.62. The normalized spacial score (nSPS) is 10.9. The van der Waals surface area contributed by atoms with E-state index in [4.69, 9.17) is 4.98 Å². The Morgan fingerprint density at radius 2 is 2.00 bits per heavy atom. The van der Waals surface area contributed by atoms with Crippen LogP contribution in [-0.4, -0.2) is 16.6 Å². The first kappa shape index (κ1) is 18.4. The Morgan fingerprint density at radius 3 is 2.73 bits per heavy atom. The molecule has 0 aliphatic heterocycles. The highest BCUT2D eigenvalue weighted by atomic mass is 32.2. The van der Waals surface area contributed by atoms with Crippen molar-refractivity contribution >= 4 is 28.6 Å². The number of hydrogen-bond acceptors (Lipinski definition) is 3. The Kier molecular flexibility index (Phi) is 5.57. The fourth-order valence-electron chi connectivity index (χ4n) is 2.93. The summed E-state index contributed by atoms with van der Waals surface area (Å²) in [5.41, 5.74) is 4.28. The maximum atomic E-state index is 13.3. The summed E-state index contributed by atoms with van der Waals surface area (Å²) in [6, 6.07) is 12.3. The number of thioether (sulfide) groups is 1. The summed E-state index contributed by atoms with van der Waals surface area (Å²) < 4.78 is 13.3. The molecule has 1 amide bonds. The Bertz CT molecular complexity index is 972. The molecule has 0 bridgehead atoms. The zero-order chi connectivity index (χ0) is 18.7. The first-order valence-electron chi connectivity index (χ1n) is 8.56. The van der Waals surface area contributed by atoms with Crippen molar-refractivity contribution in [1.29, 1.82) is 0 Å². The number of hydrogen-bond donors (Lipinski definition) is 1. The highest BCUT2D eigenvalue weighted by molar-refractivity contribution is 7.99. The second kappa shape index (κ2) is 7.87. The van der Waals surface area contributed by atoms with Crippen LogP contribution in [0, 0.1) is 19.7 Å². The standard InChI is InChI=1S/C21H21FN2OS/c1-4-26-21-19(14(3)17-10-13(2)8-9-18(17)24-21)20(25)23-12-15-6-5-7-16(22)11-15/h5-11H,4,12H2,1-3H3,(H,23,25). The highest BCUT2D eigenvalue weighted by Crippen LogP contribution is 2.29. The Hall–Kier alpha value is -2.40. The number of carbonyl (C=O) groups excluding carboxylic acids is 1. The van der Waals surface area contributed by atoms with Crippen molar-refractivity contribution in [3.05, 3.63) is 70.5 Å². The molecule has 1 heterocycles. The summed E-state index contributed by atoms with van der Waals surface area (Å²) >= 11 is 1.56. The second-order valence-corrected chi connectivity index (χ2v) is 7.44. The van der Waals surface area contributed by atoms with Gasteiger partial charge in [-0.15, -0.1) is 11.8 Å². The molecule has 0 saturated carbocycles. The molecule has 0 aliphatic carbocycles. The molecule has 26 heavy (non-hydrogen) atoms. The number of amides is 1. The minimum atomic E-state index is -0.307. The average Bonchev–Trinajstić information content (AvgIpc) is 2.61. The van der Waals surface area contributed by atoms with Crippen LogP contribution in [0.1, 0.15) is 34.0 Å². The number of fused-ring (bicyclic) bond motifs is 1. The van der Waals surface area contributed by atoms with E-state index in [1.165, 1.54) is 12.1 Å². The van der Waals surface area contributed by atoms with E-state index in [1.807, 2.05) is 32.9 Å². The molecule has 2 aromatic carbocycles. The van der Waals surface area contributed by atoms with Crippen LogP contribution in [0.5, 0.6) is 0 Å². The van der Waals surface area contributed by atoms with Crippen LogP contribution in [0.2, 0.25) is 0 Å². The van der Waals surface area contributed by atoms with Crippen LogP contribution in [0.25, 0.3) is 10.9 Å². The topological polar surface area (TPSA) is 42.0 Å². The van der Waals surface area contributed by atoms with E-state index in [0.717, 1.165) is 38.4 Å². The summed E-state index contributed by atoms with van der Waals surface area (Å²) in [7, 11) is 0. The molecule has 0 radical (unpaired) electrons. The summed E-state index contributed by atoms with van der Waals surface area (Å²) in [6.07, 6.45) is 0. The van der Waals surface area contributed by atoms with Gasteiger partial charge in [-0.2, -0.15) is 0 Å². The quantitative estimate of drug-likeness (QED) is 0.642. The number of halogens is 1. The SMILES string of the molecule is CCSc1nc2ccc(C)cc2c(C)c1C(=O)NCc1cccc(F)c1. The molecule has 134 valence electrons. The van der Waals surface area contributed by atoms with E-state index in [-0.39, 0.29) is 18.3 Å².